The van der Waals surface area contributed by atoms with E-state index in [1.54, 1.807) is 0 Å². The third-order valence-corrected chi connectivity index (χ3v) is 4.49. The molecule has 1 aromatic carbocycles. The Kier molecular flexibility index (Phi) is 6.76. The molecule has 134 valence electrons. The first-order valence-corrected chi connectivity index (χ1v) is 8.94. The first-order valence-electron chi connectivity index (χ1n) is 8.94. The van der Waals surface area contributed by atoms with Gasteiger partial charge in [-0.15, -0.1) is 0 Å². The van der Waals surface area contributed by atoms with Crippen LogP contribution in [0.2, 0.25) is 0 Å². The number of nitrogens with zero attached hydrogens (tertiary/aromatic N) is 1. The van der Waals surface area contributed by atoms with Gasteiger partial charge in [0.05, 0.1) is 11.4 Å². The van der Waals surface area contributed by atoms with E-state index in [-0.39, 0.29) is 6.61 Å². The summed E-state index contributed by atoms with van der Waals surface area (Å²) < 4.78 is 5.31. The van der Waals surface area contributed by atoms with Crippen LogP contribution < -0.4 is 15.0 Å². The van der Waals surface area contributed by atoms with Crippen molar-refractivity contribution in [2.45, 2.75) is 52.0 Å². The second-order valence-electron chi connectivity index (χ2n) is 6.95. The molecule has 0 heterocycles. The van der Waals surface area contributed by atoms with Gasteiger partial charge >= 0.3 is 5.97 Å². The molecule has 5 heteroatoms. The van der Waals surface area contributed by atoms with Crippen LogP contribution in [-0.2, 0) is 4.79 Å². The molecule has 0 spiro atoms. The number of anilines is 2. The molecule has 0 aliphatic heterocycles. The predicted octanol–water partition coefficient (Wildman–Crippen LogP) is 3.99. The summed E-state index contributed by atoms with van der Waals surface area (Å²) >= 11 is 0. The summed E-state index contributed by atoms with van der Waals surface area (Å²) in [5.74, 6) is 0.201. The average Bonchev–Trinajstić information content (AvgIpc) is 2.58. The van der Waals surface area contributed by atoms with Crippen LogP contribution in [-0.4, -0.2) is 37.3 Å². The number of benzene rings is 1. The van der Waals surface area contributed by atoms with Crippen LogP contribution in [0.25, 0.3) is 0 Å². The van der Waals surface area contributed by atoms with Gasteiger partial charge in [-0.05, 0) is 30.9 Å². The molecule has 0 saturated heterocycles. The lowest BCUT2D eigenvalue weighted by Gasteiger charge is -2.38. The van der Waals surface area contributed by atoms with Crippen LogP contribution in [0.1, 0.15) is 46.0 Å². The van der Waals surface area contributed by atoms with Crippen molar-refractivity contribution in [2.24, 2.45) is 5.92 Å². The summed E-state index contributed by atoms with van der Waals surface area (Å²) in [6.45, 7) is 5.20. The molecule has 1 fully saturated rings. The summed E-state index contributed by atoms with van der Waals surface area (Å²) in [6, 6.07) is 6.41. The number of carboxylic acid groups (broad SMARTS) is 1. The highest BCUT2D eigenvalue weighted by molar-refractivity contribution is 5.73. The average molecular weight is 334 g/mol. The largest absolute Gasteiger partial charge is 0.482 e. The van der Waals surface area contributed by atoms with E-state index in [0.29, 0.717) is 17.7 Å². The lowest BCUT2D eigenvalue weighted by Crippen LogP contribution is -2.39. The Morgan fingerprint density at radius 2 is 2.04 bits per heavy atom. The second kappa shape index (κ2) is 8.81. The summed E-state index contributed by atoms with van der Waals surface area (Å²) in [7, 11) is 1.90. The molecule has 0 radical (unpaired) electrons. The van der Waals surface area contributed by atoms with Crippen molar-refractivity contribution >= 4 is 17.3 Å². The van der Waals surface area contributed by atoms with E-state index >= 15 is 0 Å². The third kappa shape index (κ3) is 5.05. The maximum atomic E-state index is 10.7. The third-order valence-electron chi connectivity index (χ3n) is 4.49. The zero-order valence-electron chi connectivity index (χ0n) is 15.0. The molecule has 5 nitrogen and oxygen atoms in total. The minimum absolute atomic E-state index is 0.319. The molecule has 1 aliphatic rings. The number of aliphatic carboxylic acids is 1. The highest BCUT2D eigenvalue weighted by atomic mass is 16.5. The van der Waals surface area contributed by atoms with Crippen molar-refractivity contribution in [3.8, 4) is 5.75 Å². The van der Waals surface area contributed by atoms with E-state index in [2.05, 4.69) is 30.1 Å². The summed E-state index contributed by atoms with van der Waals surface area (Å²) in [5.41, 5.74) is 2.17. The highest BCUT2D eigenvalue weighted by Gasteiger charge is 2.24. The normalized spacial score (nSPS) is 15.3. The Hall–Kier alpha value is -1.91. The Morgan fingerprint density at radius 3 is 2.62 bits per heavy atom. The molecule has 1 saturated carbocycles. The quantitative estimate of drug-likeness (QED) is 0.753. The number of carboxylic acids is 1. The van der Waals surface area contributed by atoms with Crippen molar-refractivity contribution < 1.29 is 14.6 Å². The lowest BCUT2D eigenvalue weighted by molar-refractivity contribution is -0.139. The molecule has 24 heavy (non-hydrogen) atoms. The maximum absolute atomic E-state index is 10.7. The van der Waals surface area contributed by atoms with Crippen LogP contribution in [0.15, 0.2) is 18.2 Å². The Morgan fingerprint density at radius 1 is 1.33 bits per heavy atom. The van der Waals surface area contributed by atoms with Crippen LogP contribution in [0, 0.1) is 5.92 Å². The van der Waals surface area contributed by atoms with Crippen LogP contribution in [0.4, 0.5) is 11.4 Å². The van der Waals surface area contributed by atoms with Crippen molar-refractivity contribution in [3.63, 3.8) is 0 Å². The molecule has 2 N–H and O–H groups in total. The zero-order chi connectivity index (χ0) is 17.5. The second-order valence-corrected chi connectivity index (χ2v) is 6.95. The Balaban J connectivity index is 2.24. The van der Waals surface area contributed by atoms with Crippen LogP contribution in [0.3, 0.4) is 0 Å². The fraction of sp³-hybridized carbons (Fsp3) is 0.632. The minimum atomic E-state index is -0.964. The molecule has 1 aromatic rings. The number of rotatable bonds is 8. The highest BCUT2D eigenvalue weighted by Crippen LogP contribution is 2.35. The molecule has 0 amide bonds. The van der Waals surface area contributed by atoms with Crippen LogP contribution >= 0.6 is 0 Å². The van der Waals surface area contributed by atoms with Gasteiger partial charge in [-0.1, -0.05) is 33.1 Å². The molecule has 2 rings (SSSR count). The minimum Gasteiger partial charge on any atom is -0.482 e. The van der Waals surface area contributed by atoms with Crippen molar-refractivity contribution in [1.29, 1.82) is 0 Å². The number of hydrogen-bond acceptors (Lipinski definition) is 4. The number of carbonyl (C=O) groups is 1. The molecule has 0 atom stereocenters. The van der Waals surface area contributed by atoms with Crippen molar-refractivity contribution in [1.82, 2.24) is 0 Å². The molecular weight excluding hydrogens is 304 g/mol. The van der Waals surface area contributed by atoms with Gasteiger partial charge in [0.15, 0.2) is 6.61 Å². The van der Waals surface area contributed by atoms with Gasteiger partial charge in [-0.3, -0.25) is 0 Å². The smallest absolute Gasteiger partial charge is 0.341 e. The fourth-order valence-corrected chi connectivity index (χ4v) is 3.43. The van der Waals surface area contributed by atoms with E-state index in [9.17, 15) is 4.79 Å². The van der Waals surface area contributed by atoms with Gasteiger partial charge in [-0.25, -0.2) is 4.79 Å². The summed E-state index contributed by atoms with van der Waals surface area (Å²) in [6.07, 6.45) is 6.43. The number of nitrogens with one attached hydrogen (secondary N) is 1. The SMILES string of the molecule is CNc1cc(OCC(=O)O)ccc1N(CC(C)C)C1CCCCC1. The zero-order valence-corrected chi connectivity index (χ0v) is 15.0. The molecule has 0 bridgehead atoms. The molecule has 0 unspecified atom stereocenters. The predicted molar refractivity (Wildman–Crippen MR) is 98.2 cm³/mol. The van der Waals surface area contributed by atoms with Crippen molar-refractivity contribution in [2.75, 3.05) is 30.4 Å². The first-order chi connectivity index (χ1) is 11.5. The number of ether oxygens (including phenoxy) is 1. The Labute approximate surface area is 145 Å². The van der Waals surface area contributed by atoms with Gasteiger partial charge in [0.1, 0.15) is 5.75 Å². The lowest BCUT2D eigenvalue weighted by atomic mass is 9.93. The van der Waals surface area contributed by atoms with Gasteiger partial charge in [0.2, 0.25) is 0 Å². The number of hydrogen-bond donors (Lipinski definition) is 2. The van der Waals surface area contributed by atoms with Crippen LogP contribution in [0.5, 0.6) is 5.75 Å². The first kappa shape index (κ1) is 18.4. The van der Waals surface area contributed by atoms with Crippen molar-refractivity contribution in [3.05, 3.63) is 18.2 Å². The van der Waals surface area contributed by atoms with E-state index in [1.165, 1.54) is 37.8 Å². The molecular formula is C19H30N2O3. The fourth-order valence-electron chi connectivity index (χ4n) is 3.43. The summed E-state index contributed by atoms with van der Waals surface area (Å²) in [4.78, 5) is 13.2. The van der Waals surface area contributed by atoms with E-state index < -0.39 is 5.97 Å². The maximum Gasteiger partial charge on any atom is 0.341 e. The Bertz CT molecular complexity index is 539. The van der Waals surface area contributed by atoms with E-state index in [4.69, 9.17) is 9.84 Å². The molecule has 0 aromatic heterocycles. The van der Waals surface area contributed by atoms with Gasteiger partial charge in [0.25, 0.3) is 0 Å². The topological polar surface area (TPSA) is 61.8 Å². The molecule has 1 aliphatic carbocycles. The monoisotopic (exact) mass is 334 g/mol. The van der Waals surface area contributed by atoms with Gasteiger partial charge < -0.3 is 20.1 Å². The standard InChI is InChI=1S/C19H30N2O3/c1-14(2)12-21(15-7-5-4-6-8-15)18-10-9-16(11-17(18)20-3)24-13-19(22)23/h9-11,14-15,20H,4-8,12-13H2,1-3H3,(H,22,23). The summed E-state index contributed by atoms with van der Waals surface area (Å²) in [5, 5.41) is 12.0. The van der Waals surface area contributed by atoms with E-state index in [1.807, 2.05) is 19.2 Å². The van der Waals surface area contributed by atoms with Gasteiger partial charge in [0, 0.05) is 25.7 Å². The van der Waals surface area contributed by atoms with Gasteiger partial charge in [-0.2, -0.15) is 0 Å². The van der Waals surface area contributed by atoms with E-state index in [0.717, 1.165) is 12.2 Å².